The molecule has 0 aliphatic carbocycles. The average molecular weight is 150 g/mol. The van der Waals surface area contributed by atoms with Gasteiger partial charge in [-0.1, -0.05) is 0 Å². The van der Waals surface area contributed by atoms with Crippen molar-refractivity contribution >= 4 is 5.65 Å². The van der Waals surface area contributed by atoms with Crippen LogP contribution in [0.1, 0.15) is 5.69 Å². The predicted molar refractivity (Wildman–Crippen MR) is 39.9 cm³/mol. The first-order valence-corrected chi connectivity index (χ1v) is 3.36. The summed E-state index contributed by atoms with van der Waals surface area (Å²) in [6.45, 7) is 1.93. The number of halogens is 1. The molecular weight excluding hydrogens is 143 g/mol. The SMILES string of the molecule is Cc1cnc2cc(F)ccn12. The molecule has 0 radical (unpaired) electrons. The number of fused-ring (bicyclic) bond motifs is 1. The average Bonchev–Trinajstić information content (AvgIpc) is 2.32. The molecule has 2 nitrogen and oxygen atoms in total. The molecule has 0 atom stereocenters. The quantitative estimate of drug-likeness (QED) is 0.559. The number of aryl methyl sites for hydroxylation is 1. The number of rotatable bonds is 0. The lowest BCUT2D eigenvalue weighted by Gasteiger charge is -1.93. The number of hydrogen-bond donors (Lipinski definition) is 0. The Hall–Kier alpha value is -1.38. The highest BCUT2D eigenvalue weighted by molar-refractivity contribution is 5.39. The normalized spacial score (nSPS) is 10.7. The van der Waals surface area contributed by atoms with Crippen molar-refractivity contribution in [3.05, 3.63) is 36.0 Å². The van der Waals surface area contributed by atoms with Gasteiger partial charge < -0.3 is 4.40 Å². The van der Waals surface area contributed by atoms with Crippen LogP contribution in [-0.4, -0.2) is 9.38 Å². The fourth-order valence-electron chi connectivity index (χ4n) is 1.08. The standard InChI is InChI=1S/C8H7FN2/c1-6-5-10-8-4-7(9)2-3-11(6)8/h2-5H,1H3. The van der Waals surface area contributed by atoms with Gasteiger partial charge in [-0.2, -0.15) is 0 Å². The maximum absolute atomic E-state index is 12.6. The second-order valence-electron chi connectivity index (χ2n) is 2.47. The van der Waals surface area contributed by atoms with E-state index in [-0.39, 0.29) is 5.82 Å². The minimum absolute atomic E-state index is 0.247. The van der Waals surface area contributed by atoms with Crippen molar-refractivity contribution in [2.45, 2.75) is 6.92 Å². The molecule has 2 aromatic rings. The molecule has 0 saturated heterocycles. The highest BCUT2D eigenvalue weighted by Crippen LogP contribution is 2.06. The van der Waals surface area contributed by atoms with Crippen LogP contribution in [0.3, 0.4) is 0 Å². The van der Waals surface area contributed by atoms with Gasteiger partial charge in [-0.3, -0.25) is 0 Å². The molecule has 2 aromatic heterocycles. The summed E-state index contributed by atoms with van der Waals surface area (Å²) < 4.78 is 14.4. The van der Waals surface area contributed by atoms with Gasteiger partial charge in [0.2, 0.25) is 0 Å². The Morgan fingerprint density at radius 3 is 3.18 bits per heavy atom. The number of nitrogens with zero attached hydrogens (tertiary/aromatic N) is 2. The highest BCUT2D eigenvalue weighted by Gasteiger charge is 1.97. The monoisotopic (exact) mass is 150 g/mol. The van der Waals surface area contributed by atoms with E-state index in [0.29, 0.717) is 5.65 Å². The van der Waals surface area contributed by atoms with E-state index >= 15 is 0 Å². The lowest BCUT2D eigenvalue weighted by molar-refractivity contribution is 0.626. The Kier molecular flexibility index (Phi) is 1.18. The minimum Gasteiger partial charge on any atom is -0.304 e. The van der Waals surface area contributed by atoms with E-state index < -0.39 is 0 Å². The smallest absolute Gasteiger partial charge is 0.139 e. The van der Waals surface area contributed by atoms with E-state index in [4.69, 9.17) is 0 Å². The predicted octanol–water partition coefficient (Wildman–Crippen LogP) is 1.78. The summed E-state index contributed by atoms with van der Waals surface area (Å²) in [5, 5.41) is 0. The fraction of sp³-hybridized carbons (Fsp3) is 0.125. The Labute approximate surface area is 63.3 Å². The molecule has 11 heavy (non-hydrogen) atoms. The van der Waals surface area contributed by atoms with Crippen molar-refractivity contribution in [2.75, 3.05) is 0 Å². The van der Waals surface area contributed by atoms with Crippen molar-refractivity contribution < 1.29 is 4.39 Å². The molecule has 2 heterocycles. The summed E-state index contributed by atoms with van der Waals surface area (Å²) in [6.07, 6.45) is 3.39. The van der Waals surface area contributed by atoms with Crippen LogP contribution in [-0.2, 0) is 0 Å². The molecule has 3 heteroatoms. The van der Waals surface area contributed by atoms with E-state index in [1.807, 2.05) is 11.3 Å². The van der Waals surface area contributed by atoms with E-state index in [0.717, 1.165) is 5.69 Å². The summed E-state index contributed by atoms with van der Waals surface area (Å²) in [7, 11) is 0. The van der Waals surface area contributed by atoms with Crippen molar-refractivity contribution in [3.63, 3.8) is 0 Å². The maximum Gasteiger partial charge on any atom is 0.139 e. The Morgan fingerprint density at radius 1 is 1.55 bits per heavy atom. The van der Waals surface area contributed by atoms with Gasteiger partial charge in [0.15, 0.2) is 0 Å². The lowest BCUT2D eigenvalue weighted by Crippen LogP contribution is -1.86. The first-order valence-electron chi connectivity index (χ1n) is 3.36. The van der Waals surface area contributed by atoms with Crippen molar-refractivity contribution in [1.82, 2.24) is 9.38 Å². The third-order valence-corrected chi connectivity index (χ3v) is 1.66. The molecule has 0 aliphatic rings. The van der Waals surface area contributed by atoms with Gasteiger partial charge in [-0.05, 0) is 13.0 Å². The van der Waals surface area contributed by atoms with Crippen LogP contribution < -0.4 is 0 Å². The zero-order valence-electron chi connectivity index (χ0n) is 6.08. The molecule has 56 valence electrons. The third-order valence-electron chi connectivity index (χ3n) is 1.66. The first-order chi connectivity index (χ1) is 5.27. The Balaban J connectivity index is 2.86. The van der Waals surface area contributed by atoms with E-state index in [1.165, 1.54) is 12.1 Å². The molecule has 0 bridgehead atoms. The van der Waals surface area contributed by atoms with Crippen molar-refractivity contribution in [3.8, 4) is 0 Å². The van der Waals surface area contributed by atoms with Crippen molar-refractivity contribution in [1.29, 1.82) is 0 Å². The summed E-state index contributed by atoms with van der Waals surface area (Å²) in [6, 6.07) is 2.83. The molecule has 0 N–H and O–H groups in total. The van der Waals surface area contributed by atoms with Crippen LogP contribution in [0.4, 0.5) is 4.39 Å². The summed E-state index contributed by atoms with van der Waals surface area (Å²) in [5.74, 6) is -0.247. The molecule has 0 amide bonds. The fourth-order valence-corrected chi connectivity index (χ4v) is 1.08. The molecular formula is C8H7FN2. The topological polar surface area (TPSA) is 17.3 Å². The molecule has 2 rings (SSSR count). The lowest BCUT2D eigenvalue weighted by atomic mass is 10.4. The van der Waals surface area contributed by atoms with E-state index in [9.17, 15) is 4.39 Å². The van der Waals surface area contributed by atoms with Gasteiger partial charge in [0.05, 0.1) is 0 Å². The largest absolute Gasteiger partial charge is 0.304 e. The van der Waals surface area contributed by atoms with Crippen LogP contribution in [0.5, 0.6) is 0 Å². The van der Waals surface area contributed by atoms with Crippen LogP contribution >= 0.6 is 0 Å². The van der Waals surface area contributed by atoms with Crippen LogP contribution in [0.2, 0.25) is 0 Å². The van der Waals surface area contributed by atoms with Gasteiger partial charge in [0, 0.05) is 24.2 Å². The van der Waals surface area contributed by atoms with Crippen molar-refractivity contribution in [2.24, 2.45) is 0 Å². The van der Waals surface area contributed by atoms with Gasteiger partial charge in [0.25, 0.3) is 0 Å². The summed E-state index contributed by atoms with van der Waals surface area (Å²) in [4.78, 5) is 4.00. The summed E-state index contributed by atoms with van der Waals surface area (Å²) >= 11 is 0. The molecule has 0 unspecified atom stereocenters. The number of pyridine rings is 1. The van der Waals surface area contributed by atoms with Gasteiger partial charge in [-0.25, -0.2) is 9.37 Å². The maximum atomic E-state index is 12.6. The van der Waals surface area contributed by atoms with Gasteiger partial charge in [0.1, 0.15) is 11.5 Å². The molecule has 0 aliphatic heterocycles. The summed E-state index contributed by atoms with van der Waals surface area (Å²) in [5.41, 5.74) is 1.67. The zero-order valence-corrected chi connectivity index (χ0v) is 6.08. The highest BCUT2D eigenvalue weighted by atomic mass is 19.1. The first kappa shape index (κ1) is 6.34. The van der Waals surface area contributed by atoms with E-state index in [1.54, 1.807) is 12.4 Å². The van der Waals surface area contributed by atoms with Crippen LogP contribution in [0, 0.1) is 12.7 Å². The van der Waals surface area contributed by atoms with Gasteiger partial charge in [-0.15, -0.1) is 0 Å². The number of hydrogen-bond acceptors (Lipinski definition) is 1. The molecule has 0 aromatic carbocycles. The Morgan fingerprint density at radius 2 is 2.36 bits per heavy atom. The van der Waals surface area contributed by atoms with Gasteiger partial charge >= 0.3 is 0 Å². The Bertz CT molecular complexity index is 392. The second-order valence-corrected chi connectivity index (χ2v) is 2.47. The zero-order chi connectivity index (χ0) is 7.84. The molecule has 0 fully saturated rings. The van der Waals surface area contributed by atoms with Crippen LogP contribution in [0.15, 0.2) is 24.5 Å². The second kappa shape index (κ2) is 2.05. The third kappa shape index (κ3) is 0.888. The number of aromatic nitrogens is 2. The van der Waals surface area contributed by atoms with E-state index in [2.05, 4.69) is 4.98 Å². The van der Waals surface area contributed by atoms with Crippen LogP contribution in [0.25, 0.3) is 5.65 Å². The molecule has 0 spiro atoms. The molecule has 0 saturated carbocycles. The number of imidazole rings is 1. The minimum atomic E-state index is -0.247.